The van der Waals surface area contributed by atoms with Crippen molar-refractivity contribution >= 4 is 11.7 Å². The van der Waals surface area contributed by atoms with Crippen molar-refractivity contribution in [3.05, 3.63) is 29.6 Å². The standard InChI is InChI=1S/C17H27FN2O3/c1-5-12(2)10-20(4)15-7-6-14(18)8-13(15)9-19-11-17(3,23)16(21)22/h6-8,12,19,23H,5,9-11H2,1-4H3,(H,21,22). The number of anilines is 1. The summed E-state index contributed by atoms with van der Waals surface area (Å²) >= 11 is 0. The van der Waals surface area contributed by atoms with Gasteiger partial charge in [0.05, 0.1) is 0 Å². The zero-order valence-corrected chi connectivity index (χ0v) is 14.3. The Bertz CT molecular complexity index is 535. The molecule has 1 rings (SSSR count). The highest BCUT2D eigenvalue weighted by molar-refractivity contribution is 5.76. The van der Waals surface area contributed by atoms with Crippen LogP contribution < -0.4 is 10.2 Å². The van der Waals surface area contributed by atoms with Crippen LogP contribution in [-0.4, -0.2) is 41.9 Å². The lowest BCUT2D eigenvalue weighted by Crippen LogP contribution is -2.44. The van der Waals surface area contributed by atoms with Gasteiger partial charge in [0.25, 0.3) is 0 Å². The predicted octanol–water partition coefficient (Wildman–Crippen LogP) is 2.23. The molecule has 1 aromatic rings. The summed E-state index contributed by atoms with van der Waals surface area (Å²) in [5, 5.41) is 21.5. The highest BCUT2D eigenvalue weighted by atomic mass is 19.1. The maximum absolute atomic E-state index is 13.5. The average Bonchev–Trinajstić information content (AvgIpc) is 2.46. The number of carboxylic acid groups (broad SMARTS) is 1. The monoisotopic (exact) mass is 326 g/mol. The number of hydrogen-bond donors (Lipinski definition) is 3. The third-order valence-corrected chi connectivity index (χ3v) is 3.98. The Morgan fingerprint density at radius 3 is 2.70 bits per heavy atom. The third kappa shape index (κ3) is 5.80. The van der Waals surface area contributed by atoms with Crippen molar-refractivity contribution in [3.8, 4) is 0 Å². The number of halogens is 1. The number of benzene rings is 1. The van der Waals surface area contributed by atoms with Gasteiger partial charge < -0.3 is 20.4 Å². The van der Waals surface area contributed by atoms with Gasteiger partial charge in [-0.1, -0.05) is 20.3 Å². The highest BCUT2D eigenvalue weighted by Crippen LogP contribution is 2.22. The van der Waals surface area contributed by atoms with Crippen LogP contribution in [0.4, 0.5) is 10.1 Å². The van der Waals surface area contributed by atoms with Crippen molar-refractivity contribution in [1.29, 1.82) is 0 Å². The maximum atomic E-state index is 13.5. The van der Waals surface area contributed by atoms with E-state index < -0.39 is 11.6 Å². The molecular formula is C17H27FN2O3. The van der Waals surface area contributed by atoms with E-state index in [9.17, 15) is 14.3 Å². The Labute approximate surface area is 137 Å². The molecule has 5 nitrogen and oxygen atoms in total. The Morgan fingerprint density at radius 1 is 1.48 bits per heavy atom. The lowest BCUT2D eigenvalue weighted by Gasteiger charge is -2.26. The van der Waals surface area contributed by atoms with Crippen LogP contribution in [0.1, 0.15) is 32.8 Å². The van der Waals surface area contributed by atoms with Gasteiger partial charge in [-0.25, -0.2) is 9.18 Å². The minimum Gasteiger partial charge on any atom is -0.479 e. The van der Waals surface area contributed by atoms with Gasteiger partial charge in [-0.15, -0.1) is 0 Å². The van der Waals surface area contributed by atoms with Crippen molar-refractivity contribution < 1.29 is 19.4 Å². The molecule has 0 aliphatic rings. The summed E-state index contributed by atoms with van der Waals surface area (Å²) in [5.74, 6) is -1.12. The maximum Gasteiger partial charge on any atom is 0.336 e. The lowest BCUT2D eigenvalue weighted by molar-refractivity contribution is -0.156. The topological polar surface area (TPSA) is 72.8 Å². The summed E-state index contributed by atoms with van der Waals surface area (Å²) in [4.78, 5) is 13.0. The number of nitrogens with one attached hydrogen (secondary N) is 1. The van der Waals surface area contributed by atoms with Crippen LogP contribution in [0.3, 0.4) is 0 Å². The number of carbonyl (C=O) groups is 1. The molecule has 0 saturated heterocycles. The minimum atomic E-state index is -1.85. The molecule has 0 heterocycles. The molecule has 0 amide bonds. The van der Waals surface area contributed by atoms with E-state index >= 15 is 0 Å². The van der Waals surface area contributed by atoms with Crippen molar-refractivity contribution in [2.75, 3.05) is 25.0 Å². The molecular weight excluding hydrogens is 299 g/mol. The first-order valence-electron chi connectivity index (χ1n) is 7.83. The van der Waals surface area contributed by atoms with Gasteiger partial charge in [0.1, 0.15) is 5.82 Å². The fourth-order valence-corrected chi connectivity index (χ4v) is 2.28. The van der Waals surface area contributed by atoms with Gasteiger partial charge in [0.2, 0.25) is 0 Å². The van der Waals surface area contributed by atoms with Gasteiger partial charge in [-0.05, 0) is 36.6 Å². The zero-order valence-electron chi connectivity index (χ0n) is 14.3. The normalized spacial score (nSPS) is 15.0. The van der Waals surface area contributed by atoms with Gasteiger partial charge >= 0.3 is 5.97 Å². The van der Waals surface area contributed by atoms with Crippen molar-refractivity contribution in [1.82, 2.24) is 5.32 Å². The zero-order chi connectivity index (χ0) is 17.6. The van der Waals surface area contributed by atoms with Gasteiger partial charge in [0.15, 0.2) is 5.60 Å². The Morgan fingerprint density at radius 2 is 2.13 bits per heavy atom. The van der Waals surface area contributed by atoms with Crippen LogP contribution in [0.2, 0.25) is 0 Å². The molecule has 0 spiro atoms. The predicted molar refractivity (Wildman–Crippen MR) is 89.1 cm³/mol. The molecule has 23 heavy (non-hydrogen) atoms. The Hall–Kier alpha value is -1.66. The van der Waals surface area contributed by atoms with E-state index in [1.165, 1.54) is 19.1 Å². The van der Waals surface area contributed by atoms with Gasteiger partial charge in [-0.3, -0.25) is 0 Å². The van der Waals surface area contributed by atoms with Gasteiger partial charge in [-0.2, -0.15) is 0 Å². The Balaban J connectivity index is 2.81. The summed E-state index contributed by atoms with van der Waals surface area (Å²) in [6, 6.07) is 4.58. The first-order valence-corrected chi connectivity index (χ1v) is 7.83. The van der Waals surface area contributed by atoms with E-state index in [1.54, 1.807) is 6.07 Å². The van der Waals surface area contributed by atoms with E-state index in [4.69, 9.17) is 5.11 Å². The van der Waals surface area contributed by atoms with E-state index in [2.05, 4.69) is 24.1 Å². The van der Waals surface area contributed by atoms with Crippen LogP contribution >= 0.6 is 0 Å². The van der Waals surface area contributed by atoms with Crippen LogP contribution in [0.15, 0.2) is 18.2 Å². The molecule has 0 aromatic heterocycles. The van der Waals surface area contributed by atoms with Crippen LogP contribution in [0.25, 0.3) is 0 Å². The number of aliphatic hydroxyl groups is 1. The van der Waals surface area contributed by atoms with E-state index in [0.29, 0.717) is 5.92 Å². The molecule has 6 heteroatoms. The third-order valence-electron chi connectivity index (χ3n) is 3.98. The molecule has 0 saturated carbocycles. The number of aliphatic carboxylic acids is 1. The van der Waals surface area contributed by atoms with Crippen LogP contribution in [0, 0.1) is 11.7 Å². The van der Waals surface area contributed by atoms with E-state index in [1.807, 2.05) is 7.05 Å². The second-order valence-electron chi connectivity index (χ2n) is 6.35. The summed E-state index contributed by atoms with van der Waals surface area (Å²) in [7, 11) is 1.95. The van der Waals surface area contributed by atoms with Crippen molar-refractivity contribution in [3.63, 3.8) is 0 Å². The van der Waals surface area contributed by atoms with Gasteiger partial charge in [0, 0.05) is 32.4 Å². The van der Waals surface area contributed by atoms with E-state index in [-0.39, 0.29) is 18.9 Å². The molecule has 2 unspecified atom stereocenters. The summed E-state index contributed by atoms with van der Waals surface area (Å²) in [5.41, 5.74) is -0.220. The summed E-state index contributed by atoms with van der Waals surface area (Å²) in [6.45, 7) is 6.52. The molecule has 130 valence electrons. The largest absolute Gasteiger partial charge is 0.479 e. The highest BCUT2D eigenvalue weighted by Gasteiger charge is 2.29. The molecule has 0 bridgehead atoms. The first kappa shape index (κ1) is 19.4. The number of hydrogen-bond acceptors (Lipinski definition) is 4. The quantitative estimate of drug-likeness (QED) is 0.649. The molecule has 1 aromatic carbocycles. The fraction of sp³-hybridized carbons (Fsp3) is 0.588. The molecule has 0 radical (unpaired) electrons. The molecule has 0 aliphatic carbocycles. The second-order valence-corrected chi connectivity index (χ2v) is 6.35. The SMILES string of the molecule is CCC(C)CN(C)c1ccc(F)cc1CNCC(C)(O)C(=O)O. The number of carboxylic acids is 1. The molecule has 0 aliphatic heterocycles. The Kier molecular flexibility index (Phi) is 6.97. The summed E-state index contributed by atoms with van der Waals surface area (Å²) in [6.07, 6.45) is 1.06. The second kappa shape index (κ2) is 8.26. The molecule has 3 N–H and O–H groups in total. The number of rotatable bonds is 9. The molecule has 2 atom stereocenters. The van der Waals surface area contributed by atoms with E-state index in [0.717, 1.165) is 24.2 Å². The lowest BCUT2D eigenvalue weighted by atomic mass is 10.1. The average molecular weight is 326 g/mol. The van der Waals surface area contributed by atoms with Crippen LogP contribution in [-0.2, 0) is 11.3 Å². The fourth-order valence-electron chi connectivity index (χ4n) is 2.28. The van der Waals surface area contributed by atoms with Crippen molar-refractivity contribution in [2.45, 2.75) is 39.3 Å². The number of nitrogens with zero attached hydrogens (tertiary/aromatic N) is 1. The van der Waals surface area contributed by atoms with Crippen molar-refractivity contribution in [2.24, 2.45) is 5.92 Å². The first-order chi connectivity index (χ1) is 10.7. The summed E-state index contributed by atoms with van der Waals surface area (Å²) < 4.78 is 13.5. The minimum absolute atomic E-state index is 0.118. The van der Waals surface area contributed by atoms with Crippen LogP contribution in [0.5, 0.6) is 0 Å². The molecule has 0 fully saturated rings. The smallest absolute Gasteiger partial charge is 0.336 e.